The highest BCUT2D eigenvalue weighted by Crippen LogP contribution is 2.24. The summed E-state index contributed by atoms with van der Waals surface area (Å²) in [6, 6.07) is 11.3. The van der Waals surface area contributed by atoms with Crippen LogP contribution >= 0.6 is 0 Å². The molecule has 112 valence electrons. The Labute approximate surface area is 128 Å². The molecule has 0 spiro atoms. The van der Waals surface area contributed by atoms with Gasteiger partial charge in [-0.15, -0.1) is 15.0 Å². The number of nitro groups is 1. The molecular formula is C14H7FN6O2. The normalized spacial score (nSPS) is 10.3. The molecule has 0 atom stereocenters. The summed E-state index contributed by atoms with van der Waals surface area (Å²) in [5.41, 5.74) is 0.273. The number of halogens is 1. The number of nitro benzene ring substituents is 1. The van der Waals surface area contributed by atoms with Crippen molar-refractivity contribution in [3.63, 3.8) is 0 Å². The molecular weight excluding hydrogens is 303 g/mol. The Hall–Kier alpha value is -3.67. The molecule has 0 unspecified atom stereocenters. The Morgan fingerprint density at radius 3 is 2.78 bits per heavy atom. The van der Waals surface area contributed by atoms with Crippen molar-refractivity contribution in [2.24, 2.45) is 0 Å². The Morgan fingerprint density at radius 2 is 2.09 bits per heavy atom. The maximum absolute atomic E-state index is 13.2. The molecule has 0 bridgehead atoms. The van der Waals surface area contributed by atoms with Gasteiger partial charge in [-0.05, 0) is 29.5 Å². The standard InChI is InChI=1S/C14H7FN6O2/c15-11-3-1-2-10(7-11)14-17-19-20(18-14)12-5-4-9(8-16)6-13(12)21(22)23/h1-7H. The first-order valence-corrected chi connectivity index (χ1v) is 6.33. The largest absolute Gasteiger partial charge is 0.298 e. The third-order valence-electron chi connectivity index (χ3n) is 3.01. The average molecular weight is 310 g/mol. The maximum Gasteiger partial charge on any atom is 0.298 e. The fraction of sp³-hybridized carbons (Fsp3) is 0. The predicted octanol–water partition coefficient (Wildman–Crippen LogP) is 2.25. The van der Waals surface area contributed by atoms with Crippen LogP contribution in [0, 0.1) is 27.3 Å². The van der Waals surface area contributed by atoms with Crippen molar-refractivity contribution in [2.45, 2.75) is 0 Å². The van der Waals surface area contributed by atoms with E-state index in [0.29, 0.717) is 5.56 Å². The van der Waals surface area contributed by atoms with E-state index < -0.39 is 10.7 Å². The minimum Gasteiger partial charge on any atom is -0.258 e. The van der Waals surface area contributed by atoms with Gasteiger partial charge in [0.05, 0.1) is 16.6 Å². The molecule has 3 rings (SSSR count). The van der Waals surface area contributed by atoms with E-state index in [1.54, 1.807) is 6.07 Å². The summed E-state index contributed by atoms with van der Waals surface area (Å²) in [4.78, 5) is 11.5. The number of nitriles is 1. The summed E-state index contributed by atoms with van der Waals surface area (Å²) < 4.78 is 13.2. The molecule has 0 saturated carbocycles. The summed E-state index contributed by atoms with van der Waals surface area (Å²) in [6.07, 6.45) is 0. The second-order valence-electron chi connectivity index (χ2n) is 4.49. The van der Waals surface area contributed by atoms with Gasteiger partial charge in [0, 0.05) is 11.6 Å². The lowest BCUT2D eigenvalue weighted by Gasteiger charge is -2.00. The second kappa shape index (κ2) is 5.61. The minimum absolute atomic E-state index is 0.0594. The smallest absolute Gasteiger partial charge is 0.258 e. The van der Waals surface area contributed by atoms with Gasteiger partial charge < -0.3 is 0 Å². The van der Waals surface area contributed by atoms with Crippen LogP contribution in [0.3, 0.4) is 0 Å². The van der Waals surface area contributed by atoms with Gasteiger partial charge in [0.1, 0.15) is 5.82 Å². The van der Waals surface area contributed by atoms with Gasteiger partial charge in [-0.3, -0.25) is 10.1 Å². The van der Waals surface area contributed by atoms with Gasteiger partial charge in [0.15, 0.2) is 5.69 Å². The lowest BCUT2D eigenvalue weighted by molar-refractivity contribution is -0.384. The predicted molar refractivity (Wildman–Crippen MR) is 75.9 cm³/mol. The van der Waals surface area contributed by atoms with Crippen LogP contribution in [0.2, 0.25) is 0 Å². The van der Waals surface area contributed by atoms with Crippen molar-refractivity contribution in [1.29, 1.82) is 5.26 Å². The highest BCUT2D eigenvalue weighted by atomic mass is 19.1. The van der Waals surface area contributed by atoms with Gasteiger partial charge in [0.2, 0.25) is 5.82 Å². The highest BCUT2D eigenvalue weighted by Gasteiger charge is 2.19. The Kier molecular flexibility index (Phi) is 3.48. The van der Waals surface area contributed by atoms with Crippen LogP contribution in [-0.2, 0) is 0 Å². The molecule has 0 aliphatic rings. The first-order chi connectivity index (χ1) is 11.1. The molecule has 8 nitrogen and oxygen atoms in total. The molecule has 0 aliphatic heterocycles. The van der Waals surface area contributed by atoms with Crippen molar-refractivity contribution in [2.75, 3.05) is 0 Å². The van der Waals surface area contributed by atoms with E-state index in [1.807, 2.05) is 6.07 Å². The molecule has 9 heteroatoms. The zero-order valence-corrected chi connectivity index (χ0v) is 11.4. The molecule has 2 aromatic carbocycles. The molecule has 1 aromatic heterocycles. The minimum atomic E-state index is -0.638. The number of hydrogen-bond donors (Lipinski definition) is 0. The SMILES string of the molecule is N#Cc1ccc(-n2nnc(-c3cccc(F)c3)n2)c([N+](=O)[O-])c1. The summed E-state index contributed by atoms with van der Waals surface area (Å²) in [6.45, 7) is 0. The monoisotopic (exact) mass is 310 g/mol. The lowest BCUT2D eigenvalue weighted by atomic mass is 10.2. The number of nitrogens with zero attached hydrogens (tertiary/aromatic N) is 6. The number of aromatic nitrogens is 4. The Balaban J connectivity index is 2.07. The van der Waals surface area contributed by atoms with E-state index in [0.717, 1.165) is 10.9 Å². The van der Waals surface area contributed by atoms with E-state index in [-0.39, 0.29) is 22.8 Å². The number of hydrogen-bond acceptors (Lipinski definition) is 6. The number of rotatable bonds is 3. The molecule has 0 saturated heterocycles. The highest BCUT2D eigenvalue weighted by molar-refractivity contribution is 5.57. The molecule has 1 heterocycles. The van der Waals surface area contributed by atoms with E-state index in [4.69, 9.17) is 5.26 Å². The summed E-state index contributed by atoms with van der Waals surface area (Å²) in [7, 11) is 0. The number of benzene rings is 2. The van der Waals surface area contributed by atoms with Gasteiger partial charge in [0.25, 0.3) is 5.69 Å². The molecule has 0 aliphatic carbocycles. The molecule has 0 N–H and O–H groups in total. The fourth-order valence-electron chi connectivity index (χ4n) is 1.97. The molecule has 0 amide bonds. The quantitative estimate of drug-likeness (QED) is 0.542. The third-order valence-corrected chi connectivity index (χ3v) is 3.01. The summed E-state index contributed by atoms with van der Waals surface area (Å²) in [5, 5.41) is 31.5. The molecule has 0 radical (unpaired) electrons. The van der Waals surface area contributed by atoms with Crippen molar-refractivity contribution in [3.05, 3.63) is 64.0 Å². The fourth-order valence-corrected chi connectivity index (χ4v) is 1.97. The van der Waals surface area contributed by atoms with Gasteiger partial charge in [-0.25, -0.2) is 4.39 Å². The first-order valence-electron chi connectivity index (χ1n) is 6.33. The maximum atomic E-state index is 13.2. The van der Waals surface area contributed by atoms with Crippen LogP contribution in [0.4, 0.5) is 10.1 Å². The van der Waals surface area contributed by atoms with Crippen LogP contribution in [0.25, 0.3) is 17.1 Å². The third kappa shape index (κ3) is 2.73. The second-order valence-corrected chi connectivity index (χ2v) is 4.49. The van der Waals surface area contributed by atoms with Gasteiger partial charge in [-0.1, -0.05) is 12.1 Å². The number of tetrazole rings is 1. The molecule has 3 aromatic rings. The Morgan fingerprint density at radius 1 is 1.26 bits per heavy atom. The van der Waals surface area contributed by atoms with Crippen molar-refractivity contribution >= 4 is 5.69 Å². The first kappa shape index (κ1) is 14.3. The van der Waals surface area contributed by atoms with Gasteiger partial charge >= 0.3 is 0 Å². The van der Waals surface area contributed by atoms with E-state index in [9.17, 15) is 14.5 Å². The Bertz CT molecular complexity index is 946. The molecule has 0 fully saturated rings. The van der Waals surface area contributed by atoms with Crippen molar-refractivity contribution in [1.82, 2.24) is 20.2 Å². The van der Waals surface area contributed by atoms with Crippen molar-refractivity contribution in [3.8, 4) is 23.1 Å². The van der Waals surface area contributed by atoms with Crippen LogP contribution in [0.15, 0.2) is 42.5 Å². The zero-order valence-electron chi connectivity index (χ0n) is 11.4. The lowest BCUT2D eigenvalue weighted by Crippen LogP contribution is -2.04. The van der Waals surface area contributed by atoms with Crippen LogP contribution in [-0.4, -0.2) is 25.1 Å². The average Bonchev–Trinajstić information content (AvgIpc) is 3.04. The topological polar surface area (TPSA) is 111 Å². The summed E-state index contributed by atoms with van der Waals surface area (Å²) >= 11 is 0. The van der Waals surface area contributed by atoms with Gasteiger partial charge in [-0.2, -0.15) is 5.26 Å². The summed E-state index contributed by atoms with van der Waals surface area (Å²) in [5.74, 6) is -0.327. The van der Waals surface area contributed by atoms with E-state index >= 15 is 0 Å². The van der Waals surface area contributed by atoms with E-state index in [1.165, 1.54) is 30.3 Å². The van der Waals surface area contributed by atoms with Crippen LogP contribution < -0.4 is 0 Å². The van der Waals surface area contributed by atoms with Crippen LogP contribution in [0.5, 0.6) is 0 Å². The van der Waals surface area contributed by atoms with Crippen molar-refractivity contribution < 1.29 is 9.31 Å². The van der Waals surface area contributed by atoms with E-state index in [2.05, 4.69) is 15.4 Å². The van der Waals surface area contributed by atoms with Crippen LogP contribution in [0.1, 0.15) is 5.56 Å². The molecule has 23 heavy (non-hydrogen) atoms. The zero-order chi connectivity index (χ0) is 16.4.